The lowest BCUT2D eigenvalue weighted by Gasteiger charge is -2.20. The number of nitrogens with one attached hydrogen (secondary N) is 1. The lowest BCUT2D eigenvalue weighted by molar-refractivity contribution is 0.0935. The van der Waals surface area contributed by atoms with Crippen molar-refractivity contribution in [1.82, 2.24) is 10.2 Å². The summed E-state index contributed by atoms with van der Waals surface area (Å²) >= 11 is 7.16. The fourth-order valence-corrected chi connectivity index (χ4v) is 6.28. The number of halogens is 1. The van der Waals surface area contributed by atoms with Crippen LogP contribution >= 0.6 is 22.9 Å². The molecule has 0 radical (unpaired) electrons. The highest BCUT2D eigenvalue weighted by molar-refractivity contribution is 7.89. The number of carbonyl (C=O) groups is 2. The quantitative estimate of drug-likeness (QED) is 0.540. The second kappa shape index (κ2) is 8.70. The molecule has 5 rings (SSSR count). The highest BCUT2D eigenvalue weighted by Gasteiger charge is 2.46. The molecule has 3 amide bonds. The number of hydrogen-bond donors (Lipinski definition) is 2. The molecule has 0 spiro atoms. The number of hydrogen-bond acceptors (Lipinski definition) is 5. The van der Waals surface area contributed by atoms with E-state index in [0.29, 0.717) is 45.5 Å². The molecule has 2 fully saturated rings. The number of urea groups is 1. The van der Waals surface area contributed by atoms with Crippen molar-refractivity contribution >= 4 is 50.6 Å². The summed E-state index contributed by atoms with van der Waals surface area (Å²) in [7, 11) is -3.87. The fourth-order valence-electron chi connectivity index (χ4n) is 4.57. The van der Waals surface area contributed by atoms with Gasteiger partial charge in [-0.25, -0.2) is 18.4 Å². The molecule has 3 aromatic rings. The lowest BCUT2D eigenvalue weighted by atomic mass is 10.0. The van der Waals surface area contributed by atoms with Crippen LogP contribution in [-0.4, -0.2) is 50.4 Å². The van der Waals surface area contributed by atoms with Crippen molar-refractivity contribution in [3.05, 3.63) is 69.9 Å². The number of fused-ring (bicyclic) bond motifs is 1. The van der Waals surface area contributed by atoms with Crippen LogP contribution in [-0.2, 0) is 10.0 Å². The molecule has 2 aliphatic rings. The van der Waals surface area contributed by atoms with E-state index in [2.05, 4.69) is 5.32 Å². The third kappa shape index (κ3) is 4.18. The maximum atomic E-state index is 13.1. The van der Waals surface area contributed by atoms with Crippen LogP contribution in [0.2, 0.25) is 4.34 Å². The molecule has 0 saturated carbocycles. The summed E-state index contributed by atoms with van der Waals surface area (Å²) in [5.41, 5.74) is 1.88. The van der Waals surface area contributed by atoms with Crippen LogP contribution in [0.1, 0.15) is 16.1 Å². The summed E-state index contributed by atoms with van der Waals surface area (Å²) in [6.07, 6.45) is 0.693. The second-order valence-electron chi connectivity index (χ2n) is 8.21. The Morgan fingerprint density at radius 1 is 1.09 bits per heavy atom. The number of rotatable bonds is 5. The number of amides is 3. The van der Waals surface area contributed by atoms with E-state index in [-0.39, 0.29) is 28.9 Å². The van der Waals surface area contributed by atoms with E-state index in [4.69, 9.17) is 16.7 Å². The van der Waals surface area contributed by atoms with Crippen LogP contribution in [0.15, 0.2) is 65.6 Å². The topological polar surface area (TPSA) is 113 Å². The van der Waals surface area contributed by atoms with Gasteiger partial charge in [0.15, 0.2) is 0 Å². The van der Waals surface area contributed by atoms with Gasteiger partial charge in [0.2, 0.25) is 10.0 Å². The maximum Gasteiger partial charge on any atom is 0.324 e. The molecule has 2 aromatic carbocycles. The first kappa shape index (κ1) is 22.9. The van der Waals surface area contributed by atoms with Crippen molar-refractivity contribution in [1.29, 1.82) is 0 Å². The van der Waals surface area contributed by atoms with E-state index >= 15 is 0 Å². The van der Waals surface area contributed by atoms with Crippen molar-refractivity contribution in [3.8, 4) is 11.1 Å². The summed E-state index contributed by atoms with van der Waals surface area (Å²) in [6.45, 7) is 1.01. The van der Waals surface area contributed by atoms with Crippen LogP contribution < -0.4 is 15.4 Å². The van der Waals surface area contributed by atoms with Crippen LogP contribution in [0.5, 0.6) is 0 Å². The highest BCUT2D eigenvalue weighted by Crippen LogP contribution is 2.33. The van der Waals surface area contributed by atoms with E-state index in [1.54, 1.807) is 64.4 Å². The predicted octanol–water partition coefficient (Wildman–Crippen LogP) is 3.53. The van der Waals surface area contributed by atoms with Crippen LogP contribution in [0.3, 0.4) is 0 Å². The van der Waals surface area contributed by atoms with Gasteiger partial charge in [0.05, 0.1) is 32.7 Å². The van der Waals surface area contributed by atoms with Gasteiger partial charge in [0, 0.05) is 17.8 Å². The number of carbonyl (C=O) groups excluding carboxylic acids is 2. The predicted molar refractivity (Wildman–Crippen MR) is 132 cm³/mol. The van der Waals surface area contributed by atoms with E-state index in [1.165, 1.54) is 17.4 Å². The minimum Gasteiger partial charge on any atom is -0.346 e. The summed E-state index contributed by atoms with van der Waals surface area (Å²) in [5.74, 6) is -0.187. The molecular weight excluding hydrogens is 496 g/mol. The molecule has 0 aliphatic carbocycles. The summed E-state index contributed by atoms with van der Waals surface area (Å²) < 4.78 is 24.4. The molecule has 1 aromatic heterocycles. The van der Waals surface area contributed by atoms with Gasteiger partial charge in [-0.2, -0.15) is 0 Å². The number of sulfonamides is 1. The van der Waals surface area contributed by atoms with Gasteiger partial charge in [-0.05, 0) is 42.3 Å². The van der Waals surface area contributed by atoms with Crippen molar-refractivity contribution < 1.29 is 18.0 Å². The van der Waals surface area contributed by atoms with Crippen LogP contribution in [0.4, 0.5) is 10.5 Å². The van der Waals surface area contributed by atoms with Gasteiger partial charge in [0.25, 0.3) is 5.91 Å². The first-order valence-electron chi connectivity index (χ1n) is 10.6. The minimum atomic E-state index is -3.87. The van der Waals surface area contributed by atoms with E-state index in [1.807, 2.05) is 0 Å². The van der Waals surface area contributed by atoms with E-state index < -0.39 is 10.0 Å². The molecule has 3 N–H and O–H groups in total. The molecule has 34 heavy (non-hydrogen) atoms. The third-order valence-corrected chi connectivity index (χ3v) is 8.39. The average Bonchev–Trinajstić information content (AvgIpc) is 3.51. The van der Waals surface area contributed by atoms with Gasteiger partial charge in [-0.3, -0.25) is 9.69 Å². The van der Waals surface area contributed by atoms with Gasteiger partial charge in [0.1, 0.15) is 0 Å². The minimum absolute atomic E-state index is 0.0475. The highest BCUT2D eigenvalue weighted by atomic mass is 35.5. The number of benzene rings is 2. The zero-order valence-corrected chi connectivity index (χ0v) is 20.2. The monoisotopic (exact) mass is 516 g/mol. The number of nitrogens with two attached hydrogens (primary N) is 1. The summed E-state index contributed by atoms with van der Waals surface area (Å²) in [4.78, 5) is 29.7. The van der Waals surface area contributed by atoms with E-state index in [0.717, 1.165) is 0 Å². The van der Waals surface area contributed by atoms with Crippen LogP contribution in [0.25, 0.3) is 11.1 Å². The van der Waals surface area contributed by atoms with Gasteiger partial charge >= 0.3 is 6.03 Å². The molecule has 11 heteroatoms. The number of nitrogens with zero attached hydrogens (tertiary/aromatic N) is 2. The fraction of sp³-hybridized carbons (Fsp3) is 0.217. The number of anilines is 1. The first-order chi connectivity index (χ1) is 16.2. The lowest BCUT2D eigenvalue weighted by Crippen LogP contribution is -2.44. The average molecular weight is 517 g/mol. The Balaban J connectivity index is 1.33. The van der Waals surface area contributed by atoms with E-state index in [9.17, 15) is 18.0 Å². The van der Waals surface area contributed by atoms with Crippen LogP contribution in [0, 0.1) is 0 Å². The Kier molecular flexibility index (Phi) is 5.85. The molecule has 0 unspecified atom stereocenters. The second-order valence-corrected chi connectivity index (χ2v) is 11.5. The molecule has 2 saturated heterocycles. The van der Waals surface area contributed by atoms with Crippen molar-refractivity contribution in [2.24, 2.45) is 5.14 Å². The largest absolute Gasteiger partial charge is 0.346 e. The zero-order valence-electron chi connectivity index (χ0n) is 17.8. The van der Waals surface area contributed by atoms with Gasteiger partial charge in [-0.15, -0.1) is 11.3 Å². The molecule has 2 atom stereocenters. The summed E-state index contributed by atoms with van der Waals surface area (Å²) in [6, 6.07) is 16.6. The smallest absolute Gasteiger partial charge is 0.324 e. The molecule has 3 heterocycles. The Hall–Kier alpha value is -2.92. The summed E-state index contributed by atoms with van der Waals surface area (Å²) in [5, 5.41) is 8.41. The molecule has 176 valence electrons. The van der Waals surface area contributed by atoms with Gasteiger partial charge in [-0.1, -0.05) is 41.9 Å². The van der Waals surface area contributed by atoms with Crippen molar-refractivity contribution in [3.63, 3.8) is 0 Å². The normalized spacial score (nSPS) is 20.0. The van der Waals surface area contributed by atoms with Crippen molar-refractivity contribution in [2.45, 2.75) is 23.4 Å². The Bertz CT molecular complexity index is 1370. The Labute approximate surface area is 206 Å². The zero-order chi connectivity index (χ0) is 24.0. The molecule has 8 nitrogen and oxygen atoms in total. The Morgan fingerprint density at radius 2 is 1.82 bits per heavy atom. The third-order valence-electron chi connectivity index (χ3n) is 6.19. The molecule has 2 aliphatic heterocycles. The SMILES string of the molecule is NS(=O)(=O)c1ccccc1-c1ccc(N2C[C@@H]3[C@H](NC(=O)c4ccc(Cl)s4)CCN3C2=O)cc1. The maximum absolute atomic E-state index is 13.1. The first-order valence-corrected chi connectivity index (χ1v) is 13.3. The Morgan fingerprint density at radius 3 is 2.50 bits per heavy atom. The van der Waals surface area contributed by atoms with Gasteiger partial charge < -0.3 is 10.2 Å². The number of thiophene rings is 1. The molecular formula is C23H21ClN4O4S2. The van der Waals surface area contributed by atoms with Crippen molar-refractivity contribution in [2.75, 3.05) is 18.0 Å². The molecule has 0 bridgehead atoms. The number of primary sulfonamides is 1. The standard InChI is InChI=1S/C23H21ClN4O4S2/c24-21-10-9-19(33-21)22(29)26-17-11-12-27-18(17)13-28(23(27)30)15-7-5-14(6-8-15)16-3-1-2-4-20(16)34(25,31)32/h1-10,17-18H,11-13H2,(H,26,29)(H2,25,31,32)/t17-,18-/m1/s1.